The van der Waals surface area contributed by atoms with Gasteiger partial charge >= 0.3 is 0 Å². The highest BCUT2D eigenvalue weighted by Crippen LogP contribution is 2.28. The van der Waals surface area contributed by atoms with Gasteiger partial charge in [-0.05, 0) is 23.4 Å². The van der Waals surface area contributed by atoms with Gasteiger partial charge in [0.05, 0.1) is 6.61 Å². The van der Waals surface area contributed by atoms with Gasteiger partial charge in [0.25, 0.3) is 0 Å². The van der Waals surface area contributed by atoms with Gasteiger partial charge in [-0.2, -0.15) is 4.37 Å². The fourth-order valence-corrected chi connectivity index (χ4v) is 3.71. The first-order valence-corrected chi connectivity index (χ1v) is 7.64. The second-order valence-corrected chi connectivity index (χ2v) is 6.01. The standard InChI is InChI=1S/C12H15N3OS2/c1-16-6-3-11-13-12(18-14-11)15-5-2-10-9(8-15)4-7-17-10/h4,7H,2-3,5-6,8H2,1H3. The molecule has 0 unspecified atom stereocenters. The van der Waals surface area contributed by atoms with Crippen molar-refractivity contribution in [2.24, 2.45) is 0 Å². The molecule has 3 rings (SSSR count). The molecule has 0 bridgehead atoms. The number of rotatable bonds is 4. The third-order valence-corrected chi connectivity index (χ3v) is 4.90. The van der Waals surface area contributed by atoms with Gasteiger partial charge in [-0.3, -0.25) is 0 Å². The summed E-state index contributed by atoms with van der Waals surface area (Å²) in [6.07, 6.45) is 1.92. The first-order chi connectivity index (χ1) is 8.86. The number of anilines is 1. The first kappa shape index (κ1) is 12.1. The maximum atomic E-state index is 5.05. The summed E-state index contributed by atoms with van der Waals surface area (Å²) >= 11 is 3.36. The lowest BCUT2D eigenvalue weighted by molar-refractivity contribution is 0.201. The third-order valence-electron chi connectivity index (χ3n) is 3.07. The van der Waals surface area contributed by atoms with Crippen molar-refractivity contribution in [1.82, 2.24) is 9.36 Å². The number of thiophene rings is 1. The van der Waals surface area contributed by atoms with E-state index in [0.29, 0.717) is 6.61 Å². The van der Waals surface area contributed by atoms with Crippen LogP contribution in [0.1, 0.15) is 16.3 Å². The summed E-state index contributed by atoms with van der Waals surface area (Å²) in [5.41, 5.74) is 1.44. The van der Waals surface area contributed by atoms with Crippen molar-refractivity contribution < 1.29 is 4.74 Å². The Kier molecular flexibility index (Phi) is 3.58. The van der Waals surface area contributed by atoms with Crippen molar-refractivity contribution in [3.05, 3.63) is 27.7 Å². The number of ether oxygens (including phenoxy) is 1. The van der Waals surface area contributed by atoms with Gasteiger partial charge < -0.3 is 9.64 Å². The molecule has 0 atom stereocenters. The van der Waals surface area contributed by atoms with Crippen molar-refractivity contribution in [1.29, 1.82) is 0 Å². The van der Waals surface area contributed by atoms with Crippen LogP contribution >= 0.6 is 22.9 Å². The van der Waals surface area contributed by atoms with Gasteiger partial charge in [0.15, 0.2) is 0 Å². The summed E-state index contributed by atoms with van der Waals surface area (Å²) in [4.78, 5) is 8.43. The molecular weight excluding hydrogens is 266 g/mol. The van der Waals surface area contributed by atoms with Crippen molar-refractivity contribution in [3.8, 4) is 0 Å². The molecule has 0 aliphatic carbocycles. The van der Waals surface area contributed by atoms with Crippen LogP contribution in [0.15, 0.2) is 11.4 Å². The van der Waals surface area contributed by atoms with Crippen molar-refractivity contribution in [2.45, 2.75) is 19.4 Å². The first-order valence-electron chi connectivity index (χ1n) is 5.98. The van der Waals surface area contributed by atoms with Gasteiger partial charge in [-0.1, -0.05) is 0 Å². The minimum absolute atomic E-state index is 0.685. The molecule has 2 aromatic rings. The van der Waals surface area contributed by atoms with Gasteiger partial charge in [0.2, 0.25) is 5.13 Å². The summed E-state index contributed by atoms with van der Waals surface area (Å²) in [5.74, 6) is 0.896. The van der Waals surface area contributed by atoms with Crippen LogP contribution in [0.4, 0.5) is 5.13 Å². The molecule has 0 N–H and O–H groups in total. The quantitative estimate of drug-likeness (QED) is 0.862. The molecule has 1 aliphatic rings. The van der Waals surface area contributed by atoms with E-state index < -0.39 is 0 Å². The van der Waals surface area contributed by atoms with E-state index in [2.05, 4.69) is 25.7 Å². The molecule has 3 heterocycles. The van der Waals surface area contributed by atoms with E-state index in [0.717, 1.165) is 36.9 Å². The minimum atomic E-state index is 0.685. The molecule has 0 fully saturated rings. The van der Waals surface area contributed by atoms with E-state index in [1.165, 1.54) is 22.0 Å². The second kappa shape index (κ2) is 5.34. The lowest BCUT2D eigenvalue weighted by atomic mass is 10.1. The zero-order valence-electron chi connectivity index (χ0n) is 10.3. The van der Waals surface area contributed by atoms with Gasteiger partial charge in [0.1, 0.15) is 5.82 Å². The fraction of sp³-hybridized carbons (Fsp3) is 0.500. The van der Waals surface area contributed by atoms with E-state index in [1.807, 2.05) is 11.3 Å². The monoisotopic (exact) mass is 281 g/mol. The minimum Gasteiger partial charge on any atom is -0.384 e. The highest BCUT2D eigenvalue weighted by Gasteiger charge is 2.20. The van der Waals surface area contributed by atoms with Crippen LogP contribution in [0.3, 0.4) is 0 Å². The predicted molar refractivity (Wildman–Crippen MR) is 74.6 cm³/mol. The normalized spacial score (nSPS) is 14.8. The van der Waals surface area contributed by atoms with Crippen molar-refractivity contribution in [3.63, 3.8) is 0 Å². The lowest BCUT2D eigenvalue weighted by Gasteiger charge is -2.25. The van der Waals surface area contributed by atoms with Crippen LogP contribution < -0.4 is 4.90 Å². The summed E-state index contributed by atoms with van der Waals surface area (Å²) in [7, 11) is 1.70. The Hall–Kier alpha value is -0.980. The van der Waals surface area contributed by atoms with Gasteiger partial charge in [0, 0.05) is 43.0 Å². The topological polar surface area (TPSA) is 38.2 Å². The zero-order chi connectivity index (χ0) is 12.4. The molecular formula is C12H15N3OS2. The largest absolute Gasteiger partial charge is 0.384 e. The predicted octanol–water partition coefficient (Wildman–Crippen LogP) is 2.35. The van der Waals surface area contributed by atoms with Crippen LogP contribution in [0.5, 0.6) is 0 Å². The molecule has 0 saturated heterocycles. The van der Waals surface area contributed by atoms with Gasteiger partial charge in [-0.15, -0.1) is 11.3 Å². The summed E-state index contributed by atoms with van der Waals surface area (Å²) in [6, 6.07) is 2.22. The Labute approximate surface area is 114 Å². The highest BCUT2D eigenvalue weighted by molar-refractivity contribution is 7.10. The highest BCUT2D eigenvalue weighted by atomic mass is 32.1. The average Bonchev–Trinajstić information content (AvgIpc) is 3.04. The summed E-state index contributed by atoms with van der Waals surface area (Å²) < 4.78 is 9.43. The lowest BCUT2D eigenvalue weighted by Crippen LogP contribution is -2.29. The fourth-order valence-electron chi connectivity index (χ4n) is 2.08. The number of aromatic nitrogens is 2. The van der Waals surface area contributed by atoms with Crippen LogP contribution in [-0.4, -0.2) is 29.6 Å². The van der Waals surface area contributed by atoms with E-state index >= 15 is 0 Å². The smallest absolute Gasteiger partial charge is 0.205 e. The SMILES string of the molecule is COCCc1nsc(N2CCc3sccc3C2)n1. The number of hydrogen-bond donors (Lipinski definition) is 0. The molecule has 2 aromatic heterocycles. The third kappa shape index (κ3) is 2.41. The molecule has 1 aliphatic heterocycles. The second-order valence-electron chi connectivity index (χ2n) is 4.28. The van der Waals surface area contributed by atoms with E-state index in [9.17, 15) is 0 Å². The molecule has 0 radical (unpaired) electrons. The number of fused-ring (bicyclic) bond motifs is 1. The van der Waals surface area contributed by atoms with Gasteiger partial charge in [-0.25, -0.2) is 4.98 Å². The Morgan fingerprint density at radius 2 is 2.44 bits per heavy atom. The van der Waals surface area contributed by atoms with Crippen LogP contribution in [-0.2, 0) is 24.1 Å². The molecule has 6 heteroatoms. The number of nitrogens with zero attached hydrogens (tertiary/aromatic N) is 3. The number of hydrogen-bond acceptors (Lipinski definition) is 6. The van der Waals surface area contributed by atoms with Crippen LogP contribution in [0, 0.1) is 0 Å². The molecule has 0 amide bonds. The average molecular weight is 281 g/mol. The maximum Gasteiger partial charge on any atom is 0.205 e. The van der Waals surface area contributed by atoms with Crippen molar-refractivity contribution in [2.75, 3.05) is 25.2 Å². The Morgan fingerprint density at radius 3 is 3.33 bits per heavy atom. The number of methoxy groups -OCH3 is 1. The van der Waals surface area contributed by atoms with E-state index in [-0.39, 0.29) is 0 Å². The Bertz CT molecular complexity index is 523. The van der Waals surface area contributed by atoms with Crippen LogP contribution in [0.25, 0.3) is 0 Å². The Morgan fingerprint density at radius 1 is 1.50 bits per heavy atom. The van der Waals surface area contributed by atoms with E-state index in [1.54, 1.807) is 7.11 Å². The van der Waals surface area contributed by atoms with Crippen LogP contribution in [0.2, 0.25) is 0 Å². The van der Waals surface area contributed by atoms with Crippen molar-refractivity contribution >= 4 is 28.0 Å². The molecule has 96 valence electrons. The zero-order valence-corrected chi connectivity index (χ0v) is 11.9. The molecule has 0 saturated carbocycles. The summed E-state index contributed by atoms with van der Waals surface area (Å²) in [6.45, 7) is 2.70. The Balaban J connectivity index is 1.70. The van der Waals surface area contributed by atoms with E-state index in [4.69, 9.17) is 4.74 Å². The molecule has 0 aromatic carbocycles. The maximum absolute atomic E-state index is 5.05. The molecule has 0 spiro atoms. The molecule has 4 nitrogen and oxygen atoms in total. The summed E-state index contributed by atoms with van der Waals surface area (Å²) in [5, 5.41) is 3.22. The molecule has 18 heavy (non-hydrogen) atoms.